The van der Waals surface area contributed by atoms with E-state index in [0.717, 1.165) is 28.2 Å². The number of nitrogens with zero attached hydrogens (tertiary/aromatic N) is 1. The zero-order valence-corrected chi connectivity index (χ0v) is 15.1. The average molecular weight is 371 g/mol. The van der Waals surface area contributed by atoms with Gasteiger partial charge in [-0.3, -0.25) is 0 Å². The van der Waals surface area contributed by atoms with Gasteiger partial charge in [0.1, 0.15) is 22.0 Å². The largest absolute Gasteiger partial charge is 0.494 e. The van der Waals surface area contributed by atoms with Crippen molar-refractivity contribution in [1.82, 2.24) is 9.97 Å². The van der Waals surface area contributed by atoms with Crippen LogP contribution in [0.15, 0.2) is 42.5 Å². The van der Waals surface area contributed by atoms with Crippen LogP contribution in [0, 0.1) is 4.64 Å². The molecule has 1 aromatic heterocycles. The van der Waals surface area contributed by atoms with Crippen LogP contribution in [0.25, 0.3) is 11.4 Å². The molecule has 0 aliphatic carbocycles. The molecule has 3 aromatic rings. The van der Waals surface area contributed by atoms with Crippen LogP contribution >= 0.6 is 23.8 Å². The summed E-state index contributed by atoms with van der Waals surface area (Å²) in [7, 11) is 0. The number of hydrogen-bond donors (Lipinski definition) is 1. The molecule has 1 aliphatic rings. The maximum absolute atomic E-state index is 6.07. The van der Waals surface area contributed by atoms with Crippen LogP contribution < -0.4 is 9.47 Å². The highest BCUT2D eigenvalue weighted by atomic mass is 35.5. The number of aromatic nitrogens is 2. The van der Waals surface area contributed by atoms with E-state index in [9.17, 15) is 0 Å². The smallest absolute Gasteiger partial charge is 0.205 e. The monoisotopic (exact) mass is 370 g/mol. The fourth-order valence-corrected chi connectivity index (χ4v) is 3.27. The lowest BCUT2D eigenvalue weighted by Crippen LogP contribution is -2.07. The lowest BCUT2D eigenvalue weighted by atomic mass is 10.0. The first-order valence-corrected chi connectivity index (χ1v) is 8.75. The number of nitrogens with one attached hydrogen (secondary N) is 1. The molecule has 1 N–H and O–H groups in total. The van der Waals surface area contributed by atoms with Crippen molar-refractivity contribution < 1.29 is 9.47 Å². The average Bonchev–Trinajstić information content (AvgIpc) is 2.61. The summed E-state index contributed by atoms with van der Waals surface area (Å²) in [5.74, 6) is 2.92. The number of rotatable bonds is 3. The highest BCUT2D eigenvalue weighted by Gasteiger charge is 2.21. The lowest BCUT2D eigenvalue weighted by Gasteiger charge is -2.20. The first kappa shape index (κ1) is 16.1. The number of halogens is 1. The Morgan fingerprint density at radius 2 is 2.04 bits per heavy atom. The van der Waals surface area contributed by atoms with Gasteiger partial charge in [0.2, 0.25) is 5.88 Å². The molecule has 0 bridgehead atoms. The van der Waals surface area contributed by atoms with Crippen molar-refractivity contribution in [2.45, 2.75) is 13.3 Å². The van der Waals surface area contributed by atoms with Crippen molar-refractivity contribution in [2.24, 2.45) is 0 Å². The molecule has 126 valence electrons. The molecule has 0 fully saturated rings. The van der Waals surface area contributed by atoms with Gasteiger partial charge in [-0.2, -0.15) is 0 Å². The Morgan fingerprint density at radius 3 is 2.80 bits per heavy atom. The molecular weight excluding hydrogens is 356 g/mol. The number of fused-ring (bicyclic) bond motifs is 2. The Bertz CT molecular complexity index is 999. The molecule has 0 unspecified atom stereocenters. The summed E-state index contributed by atoms with van der Waals surface area (Å²) in [6.07, 6.45) is 0.650. The van der Waals surface area contributed by atoms with Crippen LogP contribution in [-0.4, -0.2) is 16.6 Å². The van der Waals surface area contributed by atoms with E-state index in [-0.39, 0.29) is 0 Å². The minimum atomic E-state index is 0.531. The molecule has 0 amide bonds. The van der Waals surface area contributed by atoms with E-state index in [1.54, 1.807) is 0 Å². The third kappa shape index (κ3) is 3.13. The first-order chi connectivity index (χ1) is 12.1. The molecule has 0 radical (unpaired) electrons. The van der Waals surface area contributed by atoms with E-state index in [1.807, 2.05) is 49.4 Å². The topological polar surface area (TPSA) is 47.1 Å². The normalized spacial score (nSPS) is 12.1. The van der Waals surface area contributed by atoms with Crippen LogP contribution in [0.3, 0.4) is 0 Å². The third-order valence-electron chi connectivity index (χ3n) is 4.02. The van der Waals surface area contributed by atoms with Gasteiger partial charge in [-0.15, -0.1) is 0 Å². The fraction of sp³-hybridized carbons (Fsp3) is 0.158. The Hall–Kier alpha value is -2.37. The van der Waals surface area contributed by atoms with Crippen molar-refractivity contribution in [3.63, 3.8) is 0 Å². The number of hydrogen-bond acceptors (Lipinski definition) is 4. The number of aromatic amines is 1. The minimum Gasteiger partial charge on any atom is -0.494 e. The van der Waals surface area contributed by atoms with Crippen LogP contribution in [0.5, 0.6) is 17.4 Å². The first-order valence-electron chi connectivity index (χ1n) is 7.96. The van der Waals surface area contributed by atoms with Gasteiger partial charge in [0.05, 0.1) is 12.2 Å². The van der Waals surface area contributed by atoms with Gasteiger partial charge in [-0.25, -0.2) is 4.98 Å². The highest BCUT2D eigenvalue weighted by Crippen LogP contribution is 2.37. The van der Waals surface area contributed by atoms with E-state index < -0.39 is 0 Å². The van der Waals surface area contributed by atoms with Crippen LogP contribution in [0.1, 0.15) is 18.1 Å². The quantitative estimate of drug-likeness (QED) is 0.480. The minimum absolute atomic E-state index is 0.531. The van der Waals surface area contributed by atoms with Crippen molar-refractivity contribution >= 4 is 23.8 Å². The zero-order chi connectivity index (χ0) is 17.4. The van der Waals surface area contributed by atoms with E-state index in [2.05, 4.69) is 9.97 Å². The van der Waals surface area contributed by atoms with Gasteiger partial charge in [0.25, 0.3) is 0 Å². The molecule has 0 spiro atoms. The maximum Gasteiger partial charge on any atom is 0.205 e. The summed E-state index contributed by atoms with van der Waals surface area (Å²) in [6.45, 7) is 2.59. The van der Waals surface area contributed by atoms with Gasteiger partial charge in [-0.1, -0.05) is 23.8 Å². The van der Waals surface area contributed by atoms with Gasteiger partial charge < -0.3 is 14.5 Å². The number of H-pyrrole nitrogens is 1. The summed E-state index contributed by atoms with van der Waals surface area (Å²) in [6, 6.07) is 13.3. The SMILES string of the molecule is CCOc1ccc(-c2nc(=S)c3c([nH]2)Oc2ccc(Cl)cc2C3)cc1. The Labute approximate surface area is 155 Å². The Kier molecular flexibility index (Phi) is 4.19. The Morgan fingerprint density at radius 1 is 1.24 bits per heavy atom. The summed E-state index contributed by atoms with van der Waals surface area (Å²) < 4.78 is 12.0. The van der Waals surface area contributed by atoms with E-state index in [1.165, 1.54) is 0 Å². The molecule has 25 heavy (non-hydrogen) atoms. The van der Waals surface area contributed by atoms with Crippen molar-refractivity contribution in [1.29, 1.82) is 0 Å². The Balaban J connectivity index is 1.72. The number of benzene rings is 2. The summed E-state index contributed by atoms with van der Waals surface area (Å²) in [5, 5.41) is 0.680. The summed E-state index contributed by atoms with van der Waals surface area (Å²) in [5.41, 5.74) is 2.80. The van der Waals surface area contributed by atoms with Gasteiger partial charge >= 0.3 is 0 Å². The van der Waals surface area contributed by atoms with Crippen molar-refractivity contribution in [2.75, 3.05) is 6.61 Å². The van der Waals surface area contributed by atoms with E-state index in [4.69, 9.17) is 33.3 Å². The fourth-order valence-electron chi connectivity index (χ4n) is 2.82. The van der Waals surface area contributed by atoms with Crippen LogP contribution in [0.2, 0.25) is 5.02 Å². The standard InChI is InChI=1S/C19H15ClN2O2S/c1-2-23-14-6-3-11(4-7-14)17-21-18-15(19(25)22-17)10-12-9-13(20)5-8-16(12)24-18/h3-9H,2,10H2,1H3,(H,21,22,25). The molecule has 0 saturated carbocycles. The van der Waals surface area contributed by atoms with Gasteiger partial charge in [-0.05, 0) is 49.4 Å². The molecule has 0 atom stereocenters. The molecule has 2 aromatic carbocycles. The second-order valence-corrected chi connectivity index (χ2v) is 6.51. The van der Waals surface area contributed by atoms with Gasteiger partial charge in [0, 0.05) is 22.6 Å². The van der Waals surface area contributed by atoms with Gasteiger partial charge in [0.15, 0.2) is 0 Å². The second-order valence-electron chi connectivity index (χ2n) is 5.69. The predicted molar refractivity (Wildman–Crippen MR) is 100 cm³/mol. The summed E-state index contributed by atoms with van der Waals surface area (Å²) in [4.78, 5) is 7.79. The van der Waals surface area contributed by atoms with Crippen LogP contribution in [0.4, 0.5) is 0 Å². The molecule has 4 nitrogen and oxygen atoms in total. The van der Waals surface area contributed by atoms with Crippen LogP contribution in [-0.2, 0) is 6.42 Å². The predicted octanol–water partition coefficient (Wildman–Crippen LogP) is 5.55. The van der Waals surface area contributed by atoms with Crippen molar-refractivity contribution in [3.8, 4) is 28.8 Å². The summed E-state index contributed by atoms with van der Waals surface area (Å²) >= 11 is 11.6. The number of ether oxygens (including phenoxy) is 2. The molecule has 1 aliphatic heterocycles. The van der Waals surface area contributed by atoms with Crippen molar-refractivity contribution in [3.05, 3.63) is 63.3 Å². The maximum atomic E-state index is 6.07. The second kappa shape index (κ2) is 6.50. The molecule has 0 saturated heterocycles. The molecule has 2 heterocycles. The molecule has 6 heteroatoms. The highest BCUT2D eigenvalue weighted by molar-refractivity contribution is 7.71. The third-order valence-corrected chi connectivity index (χ3v) is 4.59. The molecular formula is C19H15ClN2O2S. The molecule has 4 rings (SSSR count). The van der Waals surface area contributed by atoms with E-state index in [0.29, 0.717) is 34.4 Å². The lowest BCUT2D eigenvalue weighted by molar-refractivity contribution is 0.340. The van der Waals surface area contributed by atoms with E-state index >= 15 is 0 Å². The zero-order valence-electron chi connectivity index (χ0n) is 13.5.